The molecular formula is C16H19NO4. The number of ether oxygens (including phenoxy) is 2. The summed E-state index contributed by atoms with van der Waals surface area (Å²) in [4.78, 5) is 11.3. The Hall–Kier alpha value is -2.27. The van der Waals surface area contributed by atoms with Crippen LogP contribution in [0.2, 0.25) is 0 Å². The molecule has 1 heterocycles. The van der Waals surface area contributed by atoms with Crippen molar-refractivity contribution < 1.29 is 18.7 Å². The molecule has 1 atom stereocenters. The summed E-state index contributed by atoms with van der Waals surface area (Å²) < 4.78 is 15.2. The van der Waals surface area contributed by atoms with Gasteiger partial charge in [0.05, 0.1) is 20.8 Å². The van der Waals surface area contributed by atoms with Gasteiger partial charge in [-0.25, -0.2) is 4.79 Å². The number of nitrogens with one attached hydrogen (secondary N) is 1. The van der Waals surface area contributed by atoms with Crippen LogP contribution in [-0.4, -0.2) is 20.2 Å². The summed E-state index contributed by atoms with van der Waals surface area (Å²) in [6.07, 6.45) is 0. The molecule has 0 fully saturated rings. The minimum atomic E-state index is -0.470. The van der Waals surface area contributed by atoms with Gasteiger partial charge < -0.3 is 19.2 Å². The molecule has 1 aromatic carbocycles. The van der Waals surface area contributed by atoms with Gasteiger partial charge in [0, 0.05) is 6.04 Å². The Labute approximate surface area is 123 Å². The van der Waals surface area contributed by atoms with Crippen molar-refractivity contribution in [3.05, 3.63) is 53.5 Å². The van der Waals surface area contributed by atoms with Gasteiger partial charge in [-0.1, -0.05) is 12.1 Å². The van der Waals surface area contributed by atoms with Crippen molar-refractivity contribution in [3.63, 3.8) is 0 Å². The van der Waals surface area contributed by atoms with Crippen molar-refractivity contribution in [2.24, 2.45) is 0 Å². The van der Waals surface area contributed by atoms with Gasteiger partial charge in [0.2, 0.25) is 5.76 Å². The number of methoxy groups -OCH3 is 2. The number of hydrogen-bond donors (Lipinski definition) is 1. The van der Waals surface area contributed by atoms with E-state index >= 15 is 0 Å². The molecule has 2 rings (SSSR count). The molecule has 0 radical (unpaired) electrons. The van der Waals surface area contributed by atoms with Gasteiger partial charge in [-0.05, 0) is 36.8 Å². The van der Waals surface area contributed by atoms with Gasteiger partial charge in [0.25, 0.3) is 0 Å². The minimum absolute atomic E-state index is 0.131. The Morgan fingerprint density at radius 1 is 1.29 bits per heavy atom. The van der Waals surface area contributed by atoms with E-state index in [-0.39, 0.29) is 11.8 Å². The lowest BCUT2D eigenvalue weighted by Crippen LogP contribution is -2.17. The molecule has 0 amide bonds. The summed E-state index contributed by atoms with van der Waals surface area (Å²) in [6, 6.07) is 11.4. The van der Waals surface area contributed by atoms with Crippen LogP contribution in [0.25, 0.3) is 0 Å². The Bertz CT molecular complexity index is 606. The maximum atomic E-state index is 11.3. The van der Waals surface area contributed by atoms with Crippen LogP contribution in [0, 0.1) is 0 Å². The average molecular weight is 289 g/mol. The van der Waals surface area contributed by atoms with E-state index in [4.69, 9.17) is 9.15 Å². The van der Waals surface area contributed by atoms with E-state index in [1.165, 1.54) is 7.11 Å². The van der Waals surface area contributed by atoms with Crippen LogP contribution in [0.4, 0.5) is 0 Å². The summed E-state index contributed by atoms with van der Waals surface area (Å²) >= 11 is 0. The van der Waals surface area contributed by atoms with E-state index in [2.05, 4.69) is 17.0 Å². The average Bonchev–Trinajstić information content (AvgIpc) is 3.00. The van der Waals surface area contributed by atoms with Gasteiger partial charge in [-0.2, -0.15) is 0 Å². The van der Waals surface area contributed by atoms with Crippen molar-refractivity contribution in [1.82, 2.24) is 5.32 Å². The summed E-state index contributed by atoms with van der Waals surface area (Å²) in [5.41, 5.74) is 1.12. The smallest absolute Gasteiger partial charge is 0.373 e. The number of furan rings is 1. The SMILES string of the molecule is COC(=O)c1ccc(CN[C@H](C)c2cccc(OC)c2)o1. The quantitative estimate of drug-likeness (QED) is 0.828. The fourth-order valence-electron chi connectivity index (χ4n) is 1.97. The van der Waals surface area contributed by atoms with Crippen molar-refractivity contribution in [2.75, 3.05) is 14.2 Å². The second kappa shape index (κ2) is 6.95. The lowest BCUT2D eigenvalue weighted by molar-refractivity contribution is 0.0563. The highest BCUT2D eigenvalue weighted by molar-refractivity contribution is 5.86. The zero-order chi connectivity index (χ0) is 15.2. The molecule has 0 spiro atoms. The Morgan fingerprint density at radius 3 is 2.81 bits per heavy atom. The first-order valence-electron chi connectivity index (χ1n) is 6.68. The Morgan fingerprint density at radius 2 is 2.10 bits per heavy atom. The third-order valence-electron chi connectivity index (χ3n) is 3.22. The molecule has 0 aliphatic rings. The van der Waals surface area contributed by atoms with Crippen LogP contribution in [0.15, 0.2) is 40.8 Å². The monoisotopic (exact) mass is 289 g/mol. The van der Waals surface area contributed by atoms with Crippen LogP contribution in [-0.2, 0) is 11.3 Å². The molecule has 1 aromatic heterocycles. The minimum Gasteiger partial charge on any atom is -0.497 e. The van der Waals surface area contributed by atoms with E-state index < -0.39 is 5.97 Å². The number of carbonyl (C=O) groups is 1. The molecule has 2 aromatic rings. The van der Waals surface area contributed by atoms with Crippen LogP contribution in [0.3, 0.4) is 0 Å². The molecule has 1 N–H and O–H groups in total. The standard InChI is InChI=1S/C16H19NO4/c1-11(12-5-4-6-13(9-12)19-2)17-10-14-7-8-15(21-14)16(18)20-3/h4-9,11,17H,10H2,1-3H3/t11-/m1/s1. The topological polar surface area (TPSA) is 60.7 Å². The molecule has 112 valence electrons. The first-order valence-corrected chi connectivity index (χ1v) is 6.68. The largest absolute Gasteiger partial charge is 0.497 e. The number of carbonyl (C=O) groups excluding carboxylic acids is 1. The first kappa shape index (κ1) is 15.1. The van der Waals surface area contributed by atoms with Crippen LogP contribution in [0.1, 0.15) is 34.8 Å². The summed E-state index contributed by atoms with van der Waals surface area (Å²) in [6.45, 7) is 2.58. The molecular weight excluding hydrogens is 270 g/mol. The van der Waals surface area contributed by atoms with Crippen LogP contribution in [0.5, 0.6) is 5.75 Å². The molecule has 0 saturated carbocycles. The summed E-state index contributed by atoms with van der Waals surface area (Å²) in [5, 5.41) is 3.34. The highest BCUT2D eigenvalue weighted by Crippen LogP contribution is 2.19. The van der Waals surface area contributed by atoms with Gasteiger partial charge in [-0.15, -0.1) is 0 Å². The first-order chi connectivity index (χ1) is 10.1. The summed E-state index contributed by atoms with van der Waals surface area (Å²) in [5.74, 6) is 1.25. The third kappa shape index (κ3) is 3.86. The molecule has 5 heteroatoms. The number of benzene rings is 1. The molecule has 0 aliphatic heterocycles. The van der Waals surface area contributed by atoms with Crippen LogP contribution < -0.4 is 10.1 Å². The van der Waals surface area contributed by atoms with E-state index in [1.807, 2.05) is 24.3 Å². The van der Waals surface area contributed by atoms with Crippen molar-refractivity contribution in [3.8, 4) is 5.75 Å². The second-order valence-corrected chi connectivity index (χ2v) is 4.64. The fourth-order valence-corrected chi connectivity index (χ4v) is 1.97. The molecule has 21 heavy (non-hydrogen) atoms. The van der Waals surface area contributed by atoms with Gasteiger partial charge in [0.15, 0.2) is 0 Å². The van der Waals surface area contributed by atoms with E-state index in [0.29, 0.717) is 12.3 Å². The zero-order valence-corrected chi connectivity index (χ0v) is 12.4. The predicted octanol–water partition coefficient (Wildman–Crippen LogP) is 2.93. The van der Waals surface area contributed by atoms with E-state index in [1.54, 1.807) is 19.2 Å². The molecule has 0 bridgehead atoms. The third-order valence-corrected chi connectivity index (χ3v) is 3.22. The number of rotatable bonds is 6. The van der Waals surface area contributed by atoms with E-state index in [0.717, 1.165) is 11.3 Å². The van der Waals surface area contributed by atoms with Gasteiger partial charge >= 0.3 is 5.97 Å². The summed E-state index contributed by atoms with van der Waals surface area (Å²) in [7, 11) is 2.97. The maximum absolute atomic E-state index is 11.3. The lowest BCUT2D eigenvalue weighted by atomic mass is 10.1. The van der Waals surface area contributed by atoms with Crippen molar-refractivity contribution in [1.29, 1.82) is 0 Å². The highest BCUT2D eigenvalue weighted by atomic mass is 16.5. The predicted molar refractivity (Wildman–Crippen MR) is 78.3 cm³/mol. The molecule has 0 saturated heterocycles. The molecule has 5 nitrogen and oxygen atoms in total. The van der Waals surface area contributed by atoms with Gasteiger partial charge in [-0.3, -0.25) is 0 Å². The number of esters is 1. The van der Waals surface area contributed by atoms with E-state index in [9.17, 15) is 4.79 Å². The zero-order valence-electron chi connectivity index (χ0n) is 12.4. The Balaban J connectivity index is 1.95. The molecule has 0 aliphatic carbocycles. The Kier molecular flexibility index (Phi) is 5.00. The highest BCUT2D eigenvalue weighted by Gasteiger charge is 2.12. The van der Waals surface area contributed by atoms with Crippen molar-refractivity contribution in [2.45, 2.75) is 19.5 Å². The van der Waals surface area contributed by atoms with Crippen molar-refractivity contribution >= 4 is 5.97 Å². The normalized spacial score (nSPS) is 12.0. The number of hydrogen-bond acceptors (Lipinski definition) is 5. The maximum Gasteiger partial charge on any atom is 0.373 e. The second-order valence-electron chi connectivity index (χ2n) is 4.64. The lowest BCUT2D eigenvalue weighted by Gasteiger charge is -2.14. The van der Waals surface area contributed by atoms with Gasteiger partial charge in [0.1, 0.15) is 11.5 Å². The van der Waals surface area contributed by atoms with Crippen LogP contribution >= 0.6 is 0 Å². The molecule has 0 unspecified atom stereocenters. The fraction of sp³-hybridized carbons (Fsp3) is 0.312.